The van der Waals surface area contributed by atoms with Crippen LogP contribution in [0.25, 0.3) is 0 Å². The number of carbonyl (C=O) groups is 1. The van der Waals surface area contributed by atoms with E-state index in [0.717, 1.165) is 0 Å². The van der Waals surface area contributed by atoms with Crippen molar-refractivity contribution in [3.05, 3.63) is 18.2 Å². The Kier molecular flexibility index (Phi) is 6.66. The van der Waals surface area contributed by atoms with E-state index in [2.05, 4.69) is 4.74 Å². The summed E-state index contributed by atoms with van der Waals surface area (Å²) < 4.78 is 20.8. The molecule has 0 aromatic heterocycles. The van der Waals surface area contributed by atoms with Gasteiger partial charge in [-0.05, 0) is 19.2 Å². The molecule has 0 amide bonds. The van der Waals surface area contributed by atoms with E-state index in [1.807, 2.05) is 18.0 Å². The summed E-state index contributed by atoms with van der Waals surface area (Å²) in [6.45, 7) is 1.21. The van der Waals surface area contributed by atoms with Gasteiger partial charge in [-0.15, -0.1) is 0 Å². The largest absolute Gasteiger partial charge is 0.493 e. The Morgan fingerprint density at radius 2 is 1.75 bits per heavy atom. The number of methoxy groups -OCH3 is 3. The SMILES string of the molecule is COC(=O)CN(C)CCOc1c(OC)cccc1OC. The molecule has 112 valence electrons. The molecular weight excluding hydrogens is 262 g/mol. The van der Waals surface area contributed by atoms with Gasteiger partial charge in [0.15, 0.2) is 11.5 Å². The second kappa shape index (κ2) is 8.27. The van der Waals surface area contributed by atoms with Crippen LogP contribution in [-0.4, -0.2) is 58.9 Å². The van der Waals surface area contributed by atoms with E-state index in [4.69, 9.17) is 14.2 Å². The topological polar surface area (TPSA) is 57.2 Å². The molecule has 0 aliphatic rings. The maximum Gasteiger partial charge on any atom is 0.319 e. The van der Waals surface area contributed by atoms with Gasteiger partial charge in [-0.1, -0.05) is 6.07 Å². The normalized spacial score (nSPS) is 10.2. The third-order valence-electron chi connectivity index (χ3n) is 2.73. The molecule has 0 N–H and O–H groups in total. The van der Waals surface area contributed by atoms with Crippen LogP contribution in [0.2, 0.25) is 0 Å². The van der Waals surface area contributed by atoms with Crippen LogP contribution in [-0.2, 0) is 9.53 Å². The molecule has 1 rings (SSSR count). The average Bonchev–Trinajstić information content (AvgIpc) is 2.46. The minimum atomic E-state index is -0.276. The Balaban J connectivity index is 2.55. The Labute approximate surface area is 119 Å². The number of benzene rings is 1. The molecule has 0 saturated carbocycles. The second-order valence-electron chi connectivity index (χ2n) is 4.15. The molecule has 0 aliphatic heterocycles. The number of ether oxygens (including phenoxy) is 4. The summed E-state index contributed by atoms with van der Waals surface area (Å²) in [5.74, 6) is 1.51. The van der Waals surface area contributed by atoms with Crippen molar-refractivity contribution in [2.45, 2.75) is 0 Å². The maximum atomic E-state index is 11.1. The molecule has 0 unspecified atom stereocenters. The van der Waals surface area contributed by atoms with E-state index < -0.39 is 0 Å². The predicted molar refractivity (Wildman–Crippen MR) is 74.6 cm³/mol. The predicted octanol–water partition coefficient (Wildman–Crippen LogP) is 1.19. The third-order valence-corrected chi connectivity index (χ3v) is 2.73. The van der Waals surface area contributed by atoms with Crippen LogP contribution in [0.5, 0.6) is 17.2 Å². The lowest BCUT2D eigenvalue weighted by Gasteiger charge is -2.17. The zero-order valence-corrected chi connectivity index (χ0v) is 12.3. The number of para-hydroxylation sites is 1. The van der Waals surface area contributed by atoms with Crippen molar-refractivity contribution in [2.75, 3.05) is 48.1 Å². The standard InChI is InChI=1S/C14H21NO5/c1-15(10-13(16)19-4)8-9-20-14-11(17-2)6-5-7-12(14)18-3/h5-7H,8-10H2,1-4H3. The third kappa shape index (κ3) is 4.62. The number of nitrogens with zero attached hydrogens (tertiary/aromatic N) is 1. The fraction of sp³-hybridized carbons (Fsp3) is 0.500. The van der Waals surface area contributed by atoms with Crippen LogP contribution in [0, 0.1) is 0 Å². The van der Waals surface area contributed by atoms with Crippen molar-refractivity contribution in [3.63, 3.8) is 0 Å². The Bertz CT molecular complexity index is 413. The van der Waals surface area contributed by atoms with Crippen molar-refractivity contribution in [2.24, 2.45) is 0 Å². The van der Waals surface area contributed by atoms with E-state index in [0.29, 0.717) is 30.4 Å². The first-order valence-corrected chi connectivity index (χ1v) is 6.21. The van der Waals surface area contributed by atoms with Gasteiger partial charge in [0.25, 0.3) is 0 Å². The summed E-state index contributed by atoms with van der Waals surface area (Å²) in [6.07, 6.45) is 0. The first-order chi connectivity index (χ1) is 9.62. The first kappa shape index (κ1) is 16.1. The fourth-order valence-corrected chi connectivity index (χ4v) is 1.63. The van der Waals surface area contributed by atoms with Crippen molar-refractivity contribution >= 4 is 5.97 Å². The maximum absolute atomic E-state index is 11.1. The Morgan fingerprint density at radius 3 is 2.25 bits per heavy atom. The number of likely N-dealkylation sites (N-methyl/N-ethyl adjacent to an activating group) is 1. The van der Waals surface area contributed by atoms with Crippen LogP contribution >= 0.6 is 0 Å². The molecule has 1 aromatic rings. The van der Waals surface area contributed by atoms with Crippen molar-refractivity contribution in [3.8, 4) is 17.2 Å². The number of hydrogen-bond acceptors (Lipinski definition) is 6. The van der Waals surface area contributed by atoms with Crippen LogP contribution < -0.4 is 14.2 Å². The van der Waals surface area contributed by atoms with Gasteiger partial charge in [0, 0.05) is 6.54 Å². The van der Waals surface area contributed by atoms with Crippen molar-refractivity contribution in [1.82, 2.24) is 4.90 Å². The zero-order chi connectivity index (χ0) is 15.0. The molecule has 0 saturated heterocycles. The van der Waals surface area contributed by atoms with Gasteiger partial charge in [0.1, 0.15) is 6.61 Å². The highest BCUT2D eigenvalue weighted by Gasteiger charge is 2.12. The van der Waals surface area contributed by atoms with Gasteiger partial charge in [0.2, 0.25) is 5.75 Å². The van der Waals surface area contributed by atoms with Gasteiger partial charge in [-0.2, -0.15) is 0 Å². The molecule has 0 bridgehead atoms. The summed E-state index contributed by atoms with van der Waals surface area (Å²) in [7, 11) is 6.34. The van der Waals surface area contributed by atoms with Crippen LogP contribution in [0.4, 0.5) is 0 Å². The van der Waals surface area contributed by atoms with Gasteiger partial charge >= 0.3 is 5.97 Å². The lowest BCUT2D eigenvalue weighted by molar-refractivity contribution is -0.141. The van der Waals surface area contributed by atoms with E-state index in [1.165, 1.54) is 7.11 Å². The van der Waals surface area contributed by atoms with Gasteiger partial charge in [0.05, 0.1) is 27.9 Å². The highest BCUT2D eigenvalue weighted by molar-refractivity contribution is 5.71. The summed E-state index contributed by atoms with van der Waals surface area (Å²) in [5, 5.41) is 0. The van der Waals surface area contributed by atoms with Crippen molar-refractivity contribution < 1.29 is 23.7 Å². The quantitative estimate of drug-likeness (QED) is 0.668. The molecular formula is C14H21NO5. The number of carbonyl (C=O) groups excluding carboxylic acids is 1. The highest BCUT2D eigenvalue weighted by Crippen LogP contribution is 2.36. The Hall–Kier alpha value is -1.95. The number of esters is 1. The van der Waals surface area contributed by atoms with Gasteiger partial charge in [-0.3, -0.25) is 9.69 Å². The molecule has 6 heteroatoms. The highest BCUT2D eigenvalue weighted by atomic mass is 16.5. The number of hydrogen-bond donors (Lipinski definition) is 0. The molecule has 20 heavy (non-hydrogen) atoms. The Morgan fingerprint density at radius 1 is 1.15 bits per heavy atom. The molecule has 0 aliphatic carbocycles. The summed E-state index contributed by atoms with van der Waals surface area (Å²) >= 11 is 0. The lowest BCUT2D eigenvalue weighted by atomic mass is 10.3. The first-order valence-electron chi connectivity index (χ1n) is 6.21. The second-order valence-corrected chi connectivity index (χ2v) is 4.15. The summed E-state index contributed by atoms with van der Waals surface area (Å²) in [5.41, 5.74) is 0. The molecule has 0 spiro atoms. The molecule has 6 nitrogen and oxygen atoms in total. The van der Waals surface area contributed by atoms with E-state index in [-0.39, 0.29) is 12.5 Å². The van der Waals surface area contributed by atoms with E-state index in [9.17, 15) is 4.79 Å². The van der Waals surface area contributed by atoms with E-state index in [1.54, 1.807) is 26.4 Å². The minimum Gasteiger partial charge on any atom is -0.493 e. The smallest absolute Gasteiger partial charge is 0.319 e. The molecule has 0 heterocycles. The fourth-order valence-electron chi connectivity index (χ4n) is 1.63. The lowest BCUT2D eigenvalue weighted by Crippen LogP contribution is -2.30. The monoisotopic (exact) mass is 283 g/mol. The zero-order valence-electron chi connectivity index (χ0n) is 12.3. The molecule has 1 aromatic carbocycles. The average molecular weight is 283 g/mol. The van der Waals surface area contributed by atoms with Gasteiger partial charge < -0.3 is 18.9 Å². The molecule has 0 atom stereocenters. The van der Waals surface area contributed by atoms with Crippen molar-refractivity contribution in [1.29, 1.82) is 0 Å². The van der Waals surface area contributed by atoms with Crippen LogP contribution in [0.1, 0.15) is 0 Å². The summed E-state index contributed by atoms with van der Waals surface area (Å²) in [6, 6.07) is 5.43. The van der Waals surface area contributed by atoms with Crippen LogP contribution in [0.15, 0.2) is 18.2 Å². The number of rotatable bonds is 8. The molecule has 0 fully saturated rings. The van der Waals surface area contributed by atoms with Crippen LogP contribution in [0.3, 0.4) is 0 Å². The molecule has 0 radical (unpaired) electrons. The van der Waals surface area contributed by atoms with Gasteiger partial charge in [-0.25, -0.2) is 0 Å². The summed E-state index contributed by atoms with van der Waals surface area (Å²) in [4.78, 5) is 12.9. The minimum absolute atomic E-state index is 0.225. The van der Waals surface area contributed by atoms with E-state index >= 15 is 0 Å².